The molecule has 0 spiro atoms. The summed E-state index contributed by atoms with van der Waals surface area (Å²) in [6.07, 6.45) is -4.55. The fourth-order valence-electron chi connectivity index (χ4n) is 4.11. The number of likely N-dealkylation sites (N-methyl/N-ethyl adjacent to an activating group) is 1. The summed E-state index contributed by atoms with van der Waals surface area (Å²) in [5, 5.41) is 9.53. The lowest BCUT2D eigenvalue weighted by atomic mass is 10.1. The second-order valence-corrected chi connectivity index (χ2v) is 10.9. The van der Waals surface area contributed by atoms with Crippen molar-refractivity contribution >= 4 is 27.3 Å². The summed E-state index contributed by atoms with van der Waals surface area (Å²) >= 11 is 6.03. The maximum Gasteiger partial charge on any atom is 0.419 e. The topological polar surface area (TPSA) is 91.7 Å². The monoisotopic (exact) mass is 565 g/mol. The number of anilines is 1. The Labute approximate surface area is 223 Å². The van der Waals surface area contributed by atoms with Gasteiger partial charge < -0.3 is 14.4 Å². The molecule has 7 nitrogen and oxygen atoms in total. The number of hydrogen-bond donors (Lipinski definition) is 1. The first-order valence-corrected chi connectivity index (χ1v) is 13.3. The van der Waals surface area contributed by atoms with E-state index in [1.165, 1.54) is 18.2 Å². The highest BCUT2D eigenvalue weighted by Crippen LogP contribution is 2.39. The number of sulfonamides is 1. The van der Waals surface area contributed by atoms with E-state index in [0.29, 0.717) is 25.1 Å². The average Bonchev–Trinajstić information content (AvgIpc) is 3.22. The Balaban J connectivity index is 1.58. The van der Waals surface area contributed by atoms with Crippen molar-refractivity contribution in [2.24, 2.45) is 0 Å². The van der Waals surface area contributed by atoms with Crippen molar-refractivity contribution in [3.8, 4) is 23.3 Å². The number of likely N-dealkylation sites (tertiary alicyclic amines) is 1. The maximum absolute atomic E-state index is 13.6. The summed E-state index contributed by atoms with van der Waals surface area (Å²) in [5.74, 6) is 0.0409. The third-order valence-corrected chi connectivity index (χ3v) is 7.79. The van der Waals surface area contributed by atoms with Crippen LogP contribution in [0.3, 0.4) is 0 Å². The Morgan fingerprint density at radius 1 is 1.13 bits per heavy atom. The molecule has 0 bridgehead atoms. The molecule has 0 unspecified atom stereocenters. The van der Waals surface area contributed by atoms with Crippen molar-refractivity contribution in [2.45, 2.75) is 30.5 Å². The summed E-state index contributed by atoms with van der Waals surface area (Å²) in [5.41, 5.74) is -0.607. The van der Waals surface area contributed by atoms with E-state index >= 15 is 0 Å². The molecular weight excluding hydrogens is 543 g/mol. The van der Waals surface area contributed by atoms with Crippen LogP contribution in [0.1, 0.15) is 23.1 Å². The quantitative estimate of drug-likeness (QED) is 0.366. The predicted molar refractivity (Wildman–Crippen MR) is 136 cm³/mol. The number of nitriles is 1. The molecule has 0 amide bonds. The number of rotatable bonds is 7. The molecule has 1 aliphatic heterocycles. The molecule has 0 aromatic heterocycles. The van der Waals surface area contributed by atoms with Crippen LogP contribution >= 0.6 is 11.6 Å². The van der Waals surface area contributed by atoms with Gasteiger partial charge in [-0.2, -0.15) is 18.4 Å². The molecule has 38 heavy (non-hydrogen) atoms. The molecule has 1 N–H and O–H groups in total. The number of aryl methyl sites for hydroxylation is 1. The fraction of sp³-hybridized carbons (Fsp3) is 0.269. The van der Waals surface area contributed by atoms with E-state index in [1.54, 1.807) is 25.1 Å². The van der Waals surface area contributed by atoms with E-state index in [0.717, 1.165) is 18.2 Å². The first-order chi connectivity index (χ1) is 17.9. The molecule has 0 aliphatic carbocycles. The molecule has 200 valence electrons. The number of hydrogen-bond acceptors (Lipinski definition) is 6. The van der Waals surface area contributed by atoms with Crippen molar-refractivity contribution in [1.82, 2.24) is 4.90 Å². The van der Waals surface area contributed by atoms with Gasteiger partial charge in [-0.15, -0.1) is 0 Å². The molecule has 1 saturated heterocycles. The van der Waals surface area contributed by atoms with Gasteiger partial charge in [0.05, 0.1) is 21.2 Å². The van der Waals surface area contributed by atoms with Crippen LogP contribution in [-0.4, -0.2) is 39.6 Å². The predicted octanol–water partition coefficient (Wildman–Crippen LogP) is 6.21. The number of ether oxygens (including phenoxy) is 2. The molecule has 1 heterocycles. The normalized spacial score (nSPS) is 16.2. The summed E-state index contributed by atoms with van der Waals surface area (Å²) in [7, 11) is -2.34. The Morgan fingerprint density at radius 2 is 1.89 bits per heavy atom. The van der Waals surface area contributed by atoms with Gasteiger partial charge >= 0.3 is 6.18 Å². The van der Waals surface area contributed by atoms with E-state index in [4.69, 9.17) is 21.1 Å². The van der Waals surface area contributed by atoms with Crippen LogP contribution in [0.4, 0.5) is 18.9 Å². The van der Waals surface area contributed by atoms with Gasteiger partial charge in [0, 0.05) is 19.2 Å². The summed E-state index contributed by atoms with van der Waals surface area (Å²) in [6, 6.07) is 13.7. The van der Waals surface area contributed by atoms with Gasteiger partial charge in [-0.3, -0.25) is 4.72 Å². The van der Waals surface area contributed by atoms with Crippen molar-refractivity contribution in [3.63, 3.8) is 0 Å². The molecule has 0 radical (unpaired) electrons. The standard InChI is InChI=1S/C26H23ClF3N3O4S/c1-16-12-18(36-23-5-3-4-22(27)20(23)14-31)7-9-25(16)38(34,35)32-17-6-8-21(26(28,29)30)24(13-17)37-19-10-11-33(2)15-19/h3-9,12-13,19,32H,10-11,15H2,1-2H3/t19-/m1/s1. The summed E-state index contributed by atoms with van der Waals surface area (Å²) in [4.78, 5) is 1.84. The Bertz CT molecular complexity index is 1510. The van der Waals surface area contributed by atoms with Crippen LogP contribution in [0.5, 0.6) is 17.2 Å². The lowest BCUT2D eigenvalue weighted by Gasteiger charge is -2.20. The molecule has 3 aromatic carbocycles. The molecule has 1 atom stereocenters. The minimum atomic E-state index is -4.67. The molecule has 4 rings (SSSR count). The number of nitrogens with zero attached hydrogens (tertiary/aromatic N) is 2. The van der Waals surface area contributed by atoms with E-state index in [-0.39, 0.29) is 32.7 Å². The number of alkyl halides is 3. The van der Waals surface area contributed by atoms with Gasteiger partial charge in [0.15, 0.2) is 0 Å². The first kappa shape index (κ1) is 27.6. The average molecular weight is 566 g/mol. The van der Waals surface area contributed by atoms with Crippen molar-refractivity contribution < 1.29 is 31.1 Å². The zero-order chi connectivity index (χ0) is 27.7. The summed E-state index contributed by atoms with van der Waals surface area (Å²) < 4.78 is 80.7. The van der Waals surface area contributed by atoms with Crippen LogP contribution in [0.25, 0.3) is 0 Å². The third kappa shape index (κ3) is 6.15. The van der Waals surface area contributed by atoms with E-state index in [9.17, 15) is 26.9 Å². The lowest BCUT2D eigenvalue weighted by molar-refractivity contribution is -0.139. The number of nitrogens with one attached hydrogen (secondary N) is 1. The van der Waals surface area contributed by atoms with E-state index < -0.39 is 33.6 Å². The van der Waals surface area contributed by atoms with Crippen LogP contribution in [0.15, 0.2) is 59.5 Å². The third-order valence-electron chi connectivity index (χ3n) is 5.93. The lowest BCUT2D eigenvalue weighted by Crippen LogP contribution is -2.23. The van der Waals surface area contributed by atoms with Gasteiger partial charge in [0.2, 0.25) is 0 Å². The van der Waals surface area contributed by atoms with Crippen LogP contribution in [-0.2, 0) is 16.2 Å². The molecule has 1 fully saturated rings. The van der Waals surface area contributed by atoms with Crippen molar-refractivity contribution in [2.75, 3.05) is 24.9 Å². The van der Waals surface area contributed by atoms with Crippen LogP contribution in [0, 0.1) is 18.3 Å². The highest BCUT2D eigenvalue weighted by molar-refractivity contribution is 7.92. The highest BCUT2D eigenvalue weighted by atomic mass is 35.5. The minimum absolute atomic E-state index is 0.0725. The van der Waals surface area contributed by atoms with Crippen LogP contribution in [0.2, 0.25) is 5.02 Å². The van der Waals surface area contributed by atoms with Gasteiger partial charge in [-0.25, -0.2) is 8.42 Å². The Kier molecular flexibility index (Phi) is 7.78. The number of benzene rings is 3. The zero-order valence-electron chi connectivity index (χ0n) is 20.3. The van der Waals surface area contributed by atoms with Gasteiger partial charge in [0.1, 0.15) is 35.0 Å². The van der Waals surface area contributed by atoms with Crippen molar-refractivity contribution in [3.05, 3.63) is 76.3 Å². The molecule has 0 saturated carbocycles. The summed E-state index contributed by atoms with van der Waals surface area (Å²) in [6.45, 7) is 2.70. The molecule has 3 aromatic rings. The second kappa shape index (κ2) is 10.7. The Morgan fingerprint density at radius 3 is 2.53 bits per heavy atom. The smallest absolute Gasteiger partial charge is 0.419 e. The van der Waals surface area contributed by atoms with E-state index in [1.807, 2.05) is 18.0 Å². The highest BCUT2D eigenvalue weighted by Gasteiger charge is 2.36. The molecule has 12 heteroatoms. The molecule has 1 aliphatic rings. The van der Waals surface area contributed by atoms with Crippen molar-refractivity contribution in [1.29, 1.82) is 5.26 Å². The largest absolute Gasteiger partial charge is 0.488 e. The zero-order valence-corrected chi connectivity index (χ0v) is 21.9. The maximum atomic E-state index is 13.6. The van der Waals surface area contributed by atoms with Gasteiger partial charge in [-0.1, -0.05) is 17.7 Å². The fourth-order valence-corrected chi connectivity index (χ4v) is 5.60. The van der Waals surface area contributed by atoms with E-state index in [2.05, 4.69) is 4.72 Å². The van der Waals surface area contributed by atoms with Gasteiger partial charge in [0.25, 0.3) is 10.0 Å². The minimum Gasteiger partial charge on any atom is -0.488 e. The Hall–Kier alpha value is -3.46. The van der Waals surface area contributed by atoms with Crippen LogP contribution < -0.4 is 14.2 Å². The van der Waals surface area contributed by atoms with Gasteiger partial charge in [-0.05, 0) is 68.4 Å². The number of halogens is 4. The molecular formula is C26H23ClF3N3O4S. The second-order valence-electron chi connectivity index (χ2n) is 8.86. The first-order valence-electron chi connectivity index (χ1n) is 11.4. The SMILES string of the molecule is Cc1cc(Oc2cccc(Cl)c2C#N)ccc1S(=O)(=O)Nc1ccc(C(F)(F)F)c(O[C@@H]2CCN(C)C2)c1.